The van der Waals surface area contributed by atoms with Crippen molar-refractivity contribution in [3.05, 3.63) is 117 Å². The van der Waals surface area contributed by atoms with Gasteiger partial charge in [-0.15, -0.1) is 0 Å². The number of aromatic nitrogens is 1. The number of nitrogens with zero attached hydrogens (tertiary/aromatic N) is 1. The van der Waals surface area contributed by atoms with Crippen molar-refractivity contribution in [1.82, 2.24) is 9.88 Å². The largest absolute Gasteiger partial charge is 0.493 e. The van der Waals surface area contributed by atoms with Crippen LogP contribution in [0.2, 0.25) is 5.02 Å². The monoisotopic (exact) mass is 630 g/mol. The Bertz CT molecular complexity index is 1700. The maximum absolute atomic E-state index is 13.9. The Hall–Kier alpha value is -4.56. The molecular formula is C36H39ClN2O6. The van der Waals surface area contributed by atoms with Crippen LogP contribution < -0.4 is 20.3 Å². The predicted octanol–water partition coefficient (Wildman–Crippen LogP) is 7.15. The highest BCUT2D eigenvalue weighted by molar-refractivity contribution is 6.31. The third-order valence-electron chi connectivity index (χ3n) is 7.79. The minimum atomic E-state index is -1.05. The normalized spacial score (nSPS) is 12.3. The van der Waals surface area contributed by atoms with Gasteiger partial charge in [-0.05, 0) is 65.4 Å². The van der Waals surface area contributed by atoms with Crippen LogP contribution in [0, 0.1) is 6.92 Å². The van der Waals surface area contributed by atoms with Gasteiger partial charge >= 0.3 is 5.97 Å². The molecule has 1 heterocycles. The zero-order chi connectivity index (χ0) is 32.5. The van der Waals surface area contributed by atoms with Crippen LogP contribution in [0.15, 0.2) is 83.8 Å². The molecule has 0 fully saturated rings. The molecule has 236 valence electrons. The van der Waals surface area contributed by atoms with Crippen LogP contribution in [-0.4, -0.2) is 35.8 Å². The SMILES string of the molecule is CCCC[C@@H](C(=O)N[C@@H](CC(=O)O)c1ccc(-c2ccc(OC)c(OC)c2)cc1)n1cc(C)cc(Cc2ccccc2Cl)c1=O. The molecule has 8 nitrogen and oxygen atoms in total. The minimum absolute atomic E-state index is 0.272. The average Bonchev–Trinajstić information content (AvgIpc) is 3.03. The van der Waals surface area contributed by atoms with Gasteiger partial charge in [0.15, 0.2) is 11.5 Å². The van der Waals surface area contributed by atoms with Crippen molar-refractivity contribution in [3.8, 4) is 22.6 Å². The summed E-state index contributed by atoms with van der Waals surface area (Å²) in [5, 5.41) is 13.3. The van der Waals surface area contributed by atoms with Crippen LogP contribution >= 0.6 is 11.6 Å². The molecular weight excluding hydrogens is 592 g/mol. The number of benzene rings is 3. The molecule has 4 aromatic rings. The highest BCUT2D eigenvalue weighted by atomic mass is 35.5. The fourth-order valence-corrected chi connectivity index (χ4v) is 5.64. The van der Waals surface area contributed by atoms with E-state index in [0.717, 1.165) is 28.7 Å². The van der Waals surface area contributed by atoms with Gasteiger partial charge in [-0.1, -0.05) is 79.9 Å². The van der Waals surface area contributed by atoms with E-state index in [9.17, 15) is 19.5 Å². The summed E-state index contributed by atoms with van der Waals surface area (Å²) >= 11 is 6.38. The molecule has 0 spiro atoms. The Kier molecular flexibility index (Phi) is 11.4. The molecule has 1 amide bonds. The summed E-state index contributed by atoms with van der Waals surface area (Å²) in [5.74, 6) is -0.253. The topological polar surface area (TPSA) is 107 Å². The van der Waals surface area contributed by atoms with E-state index in [0.29, 0.717) is 46.9 Å². The summed E-state index contributed by atoms with van der Waals surface area (Å²) in [6.45, 7) is 3.90. The Morgan fingerprint density at radius 2 is 1.62 bits per heavy atom. The number of ether oxygens (including phenoxy) is 2. The molecule has 0 aliphatic heterocycles. The smallest absolute Gasteiger partial charge is 0.305 e. The zero-order valence-corrected chi connectivity index (χ0v) is 26.8. The first kappa shape index (κ1) is 33.3. The summed E-state index contributed by atoms with van der Waals surface area (Å²) in [5.41, 5.74) is 4.33. The van der Waals surface area contributed by atoms with Gasteiger partial charge in [0.25, 0.3) is 5.56 Å². The van der Waals surface area contributed by atoms with Gasteiger partial charge in [0.2, 0.25) is 5.91 Å². The van der Waals surface area contributed by atoms with E-state index in [1.807, 2.05) is 80.6 Å². The summed E-state index contributed by atoms with van der Waals surface area (Å²) < 4.78 is 12.2. The third kappa shape index (κ3) is 8.34. The van der Waals surface area contributed by atoms with E-state index in [2.05, 4.69) is 5.32 Å². The van der Waals surface area contributed by atoms with Gasteiger partial charge in [-0.25, -0.2) is 0 Å². The van der Waals surface area contributed by atoms with Gasteiger partial charge in [0.05, 0.1) is 26.7 Å². The van der Waals surface area contributed by atoms with E-state index in [4.69, 9.17) is 21.1 Å². The maximum Gasteiger partial charge on any atom is 0.305 e. The molecule has 0 aliphatic rings. The van der Waals surface area contributed by atoms with E-state index >= 15 is 0 Å². The molecule has 0 bridgehead atoms. The average molecular weight is 631 g/mol. The molecule has 0 radical (unpaired) electrons. The molecule has 4 rings (SSSR count). The van der Waals surface area contributed by atoms with Gasteiger partial charge in [0.1, 0.15) is 6.04 Å². The predicted molar refractivity (Wildman–Crippen MR) is 176 cm³/mol. The Morgan fingerprint density at radius 3 is 2.27 bits per heavy atom. The van der Waals surface area contributed by atoms with E-state index in [1.54, 1.807) is 26.5 Å². The fraction of sp³-hybridized carbons (Fsp3) is 0.306. The Labute approximate surface area is 268 Å². The van der Waals surface area contributed by atoms with Crippen molar-refractivity contribution >= 4 is 23.5 Å². The second-order valence-electron chi connectivity index (χ2n) is 11.0. The Balaban J connectivity index is 1.64. The highest BCUT2D eigenvalue weighted by Gasteiger charge is 2.27. The van der Waals surface area contributed by atoms with E-state index in [1.165, 1.54) is 4.57 Å². The first-order chi connectivity index (χ1) is 21.6. The fourth-order valence-electron chi connectivity index (χ4n) is 5.44. The lowest BCUT2D eigenvalue weighted by atomic mass is 9.98. The number of nitrogens with one attached hydrogen (secondary N) is 1. The second-order valence-corrected chi connectivity index (χ2v) is 11.4. The molecule has 3 aromatic carbocycles. The van der Waals surface area contributed by atoms with Gasteiger partial charge in [0, 0.05) is 23.2 Å². The van der Waals surface area contributed by atoms with E-state index < -0.39 is 24.0 Å². The number of hydrogen-bond acceptors (Lipinski definition) is 5. The van der Waals surface area contributed by atoms with Crippen LogP contribution in [0.1, 0.15) is 66.9 Å². The Morgan fingerprint density at radius 1 is 0.933 bits per heavy atom. The van der Waals surface area contributed by atoms with Gasteiger partial charge in [-0.2, -0.15) is 0 Å². The highest BCUT2D eigenvalue weighted by Crippen LogP contribution is 2.33. The molecule has 0 unspecified atom stereocenters. The number of aryl methyl sites for hydroxylation is 1. The number of pyridine rings is 1. The van der Waals surface area contributed by atoms with Crippen molar-refractivity contribution in [2.45, 2.75) is 58.0 Å². The number of halogens is 1. The maximum atomic E-state index is 13.9. The molecule has 0 saturated carbocycles. The number of amides is 1. The van der Waals surface area contributed by atoms with Crippen LogP contribution in [0.3, 0.4) is 0 Å². The first-order valence-electron chi connectivity index (χ1n) is 14.9. The van der Waals surface area contributed by atoms with Crippen LogP contribution in [0.4, 0.5) is 0 Å². The van der Waals surface area contributed by atoms with Crippen LogP contribution in [-0.2, 0) is 16.0 Å². The zero-order valence-electron chi connectivity index (χ0n) is 26.0. The standard InChI is InChI=1S/C36H39ClN2O6/c1-5-6-11-31(39-22-23(2)18-28(36(39)43)19-27-9-7-8-10-29(27)37)35(42)38-30(21-34(40)41)25-14-12-24(13-15-25)26-16-17-32(44-3)33(20-26)45-4/h7-10,12-18,20,22,30-31H,5-6,11,19,21H2,1-4H3,(H,38,42)(H,40,41)/t30-,31-/m0/s1. The number of hydrogen-bond donors (Lipinski definition) is 2. The van der Waals surface area contributed by atoms with Crippen molar-refractivity contribution in [2.75, 3.05) is 14.2 Å². The van der Waals surface area contributed by atoms with Crippen LogP contribution in [0.25, 0.3) is 11.1 Å². The number of aliphatic carboxylic acids is 1. The molecule has 0 aliphatic carbocycles. The summed E-state index contributed by atoms with van der Waals surface area (Å²) in [7, 11) is 3.15. The molecule has 2 atom stereocenters. The van der Waals surface area contributed by atoms with E-state index in [-0.39, 0.29) is 12.0 Å². The van der Waals surface area contributed by atoms with Crippen molar-refractivity contribution < 1.29 is 24.2 Å². The van der Waals surface area contributed by atoms with Crippen molar-refractivity contribution in [3.63, 3.8) is 0 Å². The molecule has 45 heavy (non-hydrogen) atoms. The molecule has 2 N–H and O–H groups in total. The number of carbonyl (C=O) groups excluding carboxylic acids is 1. The number of rotatable bonds is 14. The number of carboxylic acid groups (broad SMARTS) is 1. The minimum Gasteiger partial charge on any atom is -0.493 e. The lowest BCUT2D eigenvalue weighted by molar-refractivity contribution is -0.138. The number of carboxylic acids is 1. The quantitative estimate of drug-likeness (QED) is 0.153. The summed E-state index contributed by atoms with van der Waals surface area (Å²) in [6.07, 6.45) is 3.67. The van der Waals surface area contributed by atoms with Crippen molar-refractivity contribution in [1.29, 1.82) is 0 Å². The van der Waals surface area contributed by atoms with Crippen molar-refractivity contribution in [2.24, 2.45) is 0 Å². The molecule has 1 aromatic heterocycles. The summed E-state index contributed by atoms with van der Waals surface area (Å²) in [4.78, 5) is 39.6. The second kappa shape index (κ2) is 15.4. The lowest BCUT2D eigenvalue weighted by Gasteiger charge is -2.25. The van der Waals surface area contributed by atoms with Crippen LogP contribution in [0.5, 0.6) is 11.5 Å². The first-order valence-corrected chi connectivity index (χ1v) is 15.3. The third-order valence-corrected chi connectivity index (χ3v) is 8.16. The molecule has 9 heteroatoms. The van der Waals surface area contributed by atoms with Gasteiger partial charge < -0.3 is 24.5 Å². The molecule has 0 saturated heterocycles. The lowest BCUT2D eigenvalue weighted by Crippen LogP contribution is -2.40. The number of methoxy groups -OCH3 is 2. The number of unbranched alkanes of at least 4 members (excludes halogenated alkanes) is 1. The van der Waals surface area contributed by atoms with Gasteiger partial charge in [-0.3, -0.25) is 14.4 Å². The number of carbonyl (C=O) groups is 2. The summed E-state index contributed by atoms with van der Waals surface area (Å²) in [6, 6.07) is 20.5.